The van der Waals surface area contributed by atoms with Gasteiger partial charge in [0, 0.05) is 0 Å². The number of hydrogen-bond donors (Lipinski definition) is 0. The molecule has 1 unspecified atom stereocenters. The summed E-state index contributed by atoms with van der Waals surface area (Å²) in [6.45, 7) is 10.5. The quantitative estimate of drug-likeness (QED) is 0.390. The van der Waals surface area contributed by atoms with Gasteiger partial charge in [-0.1, -0.05) is 65.9 Å². The van der Waals surface area contributed by atoms with E-state index < -0.39 is 11.9 Å². The molecule has 146 valence electrons. The van der Waals surface area contributed by atoms with Gasteiger partial charge in [0.15, 0.2) is 0 Å². The first kappa shape index (κ1) is 22.2. The highest BCUT2D eigenvalue weighted by Crippen LogP contribution is 2.23. The molecule has 0 spiro atoms. The zero-order chi connectivity index (χ0) is 19.6. The second-order valence-electron chi connectivity index (χ2n) is 7.90. The number of esters is 2. The van der Waals surface area contributed by atoms with Crippen LogP contribution in [0.15, 0.2) is 24.3 Å². The largest absolute Gasteiger partial charge is 0.462 e. The minimum absolute atomic E-state index is 0.136. The second-order valence-corrected chi connectivity index (χ2v) is 7.90. The van der Waals surface area contributed by atoms with E-state index in [1.165, 1.54) is 25.7 Å². The Balaban J connectivity index is 2.50. The van der Waals surface area contributed by atoms with Crippen LogP contribution < -0.4 is 0 Å². The third-order valence-corrected chi connectivity index (χ3v) is 4.57. The van der Waals surface area contributed by atoms with E-state index in [1.54, 1.807) is 24.3 Å². The molecule has 1 aromatic rings. The molecule has 0 saturated carbocycles. The molecule has 4 nitrogen and oxygen atoms in total. The number of ether oxygens (including phenoxy) is 2. The summed E-state index contributed by atoms with van der Waals surface area (Å²) in [4.78, 5) is 24.4. The highest BCUT2D eigenvalue weighted by molar-refractivity contribution is 5.95. The van der Waals surface area contributed by atoms with Gasteiger partial charge in [0.1, 0.15) is 6.10 Å². The number of rotatable bonds is 10. The summed E-state index contributed by atoms with van der Waals surface area (Å²) in [5.41, 5.74) is 0.618. The van der Waals surface area contributed by atoms with E-state index >= 15 is 0 Å². The van der Waals surface area contributed by atoms with Gasteiger partial charge in [-0.15, -0.1) is 0 Å². The molecule has 0 heterocycles. The normalized spacial score (nSPS) is 12.5. The maximum absolute atomic E-state index is 12.3. The number of benzene rings is 1. The van der Waals surface area contributed by atoms with Crippen LogP contribution in [-0.2, 0) is 9.47 Å². The third kappa shape index (κ3) is 8.03. The molecule has 0 aliphatic rings. The van der Waals surface area contributed by atoms with Crippen molar-refractivity contribution in [3.05, 3.63) is 35.4 Å². The third-order valence-electron chi connectivity index (χ3n) is 4.57. The lowest BCUT2D eigenvalue weighted by Crippen LogP contribution is -2.28. The van der Waals surface area contributed by atoms with E-state index in [0.717, 1.165) is 12.8 Å². The van der Waals surface area contributed by atoms with Crippen LogP contribution in [0.1, 0.15) is 93.9 Å². The van der Waals surface area contributed by atoms with Gasteiger partial charge in [-0.05, 0) is 37.0 Å². The molecule has 0 aliphatic heterocycles. The van der Waals surface area contributed by atoms with Gasteiger partial charge in [0.05, 0.1) is 17.7 Å². The van der Waals surface area contributed by atoms with Crippen molar-refractivity contribution in [2.45, 2.75) is 79.2 Å². The Morgan fingerprint density at radius 2 is 1.54 bits per heavy atom. The maximum Gasteiger partial charge on any atom is 0.338 e. The zero-order valence-electron chi connectivity index (χ0n) is 17.0. The summed E-state index contributed by atoms with van der Waals surface area (Å²) in [5.74, 6) is -0.810. The van der Waals surface area contributed by atoms with Crippen LogP contribution in [-0.4, -0.2) is 24.6 Å². The van der Waals surface area contributed by atoms with Crippen LogP contribution in [0.25, 0.3) is 0 Å². The molecule has 26 heavy (non-hydrogen) atoms. The van der Waals surface area contributed by atoms with Crippen molar-refractivity contribution in [3.8, 4) is 0 Å². The smallest absolute Gasteiger partial charge is 0.338 e. The highest BCUT2D eigenvalue weighted by atomic mass is 16.5. The minimum atomic E-state index is -0.419. The van der Waals surface area contributed by atoms with Gasteiger partial charge in [-0.3, -0.25) is 0 Å². The predicted molar refractivity (Wildman–Crippen MR) is 104 cm³/mol. The summed E-state index contributed by atoms with van der Waals surface area (Å²) in [6.07, 6.45) is 6.63. The Bertz CT molecular complexity index is 572. The molecule has 0 fully saturated rings. The lowest BCUT2D eigenvalue weighted by molar-refractivity contribution is 0.00479. The molecule has 0 aliphatic carbocycles. The molecule has 0 radical (unpaired) electrons. The first-order chi connectivity index (χ1) is 12.3. The van der Waals surface area contributed by atoms with Crippen LogP contribution in [0.5, 0.6) is 0 Å². The molecule has 4 heteroatoms. The number of unbranched alkanes of at least 4 members (excludes halogenated alkanes) is 5. The van der Waals surface area contributed by atoms with Crippen molar-refractivity contribution in [1.82, 2.24) is 0 Å². The Hall–Kier alpha value is -1.84. The first-order valence-electron chi connectivity index (χ1n) is 9.74. The lowest BCUT2D eigenvalue weighted by atomic mass is 9.90. The molecule has 0 N–H and O–H groups in total. The fraction of sp³-hybridized carbons (Fsp3) is 0.636. The van der Waals surface area contributed by atoms with Crippen LogP contribution in [0.4, 0.5) is 0 Å². The van der Waals surface area contributed by atoms with Crippen molar-refractivity contribution >= 4 is 11.9 Å². The first-order valence-corrected chi connectivity index (χ1v) is 9.74. The molecule has 1 rings (SSSR count). The number of hydrogen-bond acceptors (Lipinski definition) is 4. The Morgan fingerprint density at radius 1 is 0.962 bits per heavy atom. The van der Waals surface area contributed by atoms with Crippen molar-refractivity contribution in [1.29, 1.82) is 0 Å². The minimum Gasteiger partial charge on any atom is -0.462 e. The van der Waals surface area contributed by atoms with Crippen molar-refractivity contribution in [3.63, 3.8) is 0 Å². The van der Waals surface area contributed by atoms with Crippen molar-refractivity contribution < 1.29 is 19.1 Å². The lowest BCUT2D eigenvalue weighted by Gasteiger charge is -2.26. The monoisotopic (exact) mass is 362 g/mol. The molecule has 0 bridgehead atoms. The summed E-state index contributed by atoms with van der Waals surface area (Å²) < 4.78 is 10.8. The van der Waals surface area contributed by atoms with Gasteiger partial charge in [-0.2, -0.15) is 0 Å². The van der Waals surface area contributed by atoms with Crippen molar-refractivity contribution in [2.75, 3.05) is 6.61 Å². The summed E-state index contributed by atoms with van der Waals surface area (Å²) in [6, 6.07) is 6.54. The predicted octanol–water partition coefficient (Wildman–Crippen LogP) is 5.80. The Labute approximate surface area is 158 Å². The van der Waals surface area contributed by atoms with Gasteiger partial charge < -0.3 is 9.47 Å². The van der Waals surface area contributed by atoms with E-state index in [1.807, 2.05) is 27.7 Å². The molecule has 1 atom stereocenters. The average Bonchev–Trinajstić information content (AvgIpc) is 2.60. The van der Waals surface area contributed by atoms with E-state index in [4.69, 9.17) is 9.47 Å². The topological polar surface area (TPSA) is 52.6 Å². The molecular formula is C22H34O4. The highest BCUT2D eigenvalue weighted by Gasteiger charge is 2.24. The van der Waals surface area contributed by atoms with Crippen molar-refractivity contribution in [2.24, 2.45) is 5.41 Å². The number of carbonyl (C=O) groups is 2. The molecule has 0 amide bonds. The fourth-order valence-corrected chi connectivity index (χ4v) is 2.31. The number of carbonyl (C=O) groups excluding carboxylic acids is 2. The van der Waals surface area contributed by atoms with E-state index in [0.29, 0.717) is 17.7 Å². The van der Waals surface area contributed by atoms with E-state index in [9.17, 15) is 9.59 Å². The summed E-state index contributed by atoms with van der Waals surface area (Å²) >= 11 is 0. The summed E-state index contributed by atoms with van der Waals surface area (Å²) in [5, 5.41) is 0. The van der Waals surface area contributed by atoms with Crippen LogP contribution >= 0.6 is 0 Å². The zero-order valence-corrected chi connectivity index (χ0v) is 17.0. The van der Waals surface area contributed by atoms with Gasteiger partial charge >= 0.3 is 11.9 Å². The SMILES string of the molecule is CCCCCCCCOC(=O)c1cccc(C(=O)OC(C)C(C)(C)C)c1. The van der Waals surface area contributed by atoms with Crippen LogP contribution in [0, 0.1) is 5.41 Å². The second kappa shape index (κ2) is 11.0. The molecule has 0 aromatic heterocycles. The van der Waals surface area contributed by atoms with Gasteiger partial charge in [0.2, 0.25) is 0 Å². The van der Waals surface area contributed by atoms with Crippen LogP contribution in [0.2, 0.25) is 0 Å². The summed E-state index contributed by atoms with van der Waals surface area (Å²) in [7, 11) is 0. The van der Waals surface area contributed by atoms with E-state index in [-0.39, 0.29) is 11.5 Å². The van der Waals surface area contributed by atoms with Gasteiger partial charge in [0.25, 0.3) is 0 Å². The maximum atomic E-state index is 12.3. The molecule has 1 aromatic carbocycles. The fourth-order valence-electron chi connectivity index (χ4n) is 2.31. The average molecular weight is 363 g/mol. The van der Waals surface area contributed by atoms with E-state index in [2.05, 4.69) is 6.92 Å². The molecule has 0 saturated heterocycles. The standard InChI is InChI=1S/C22H34O4/c1-6-7-8-9-10-11-15-25-20(23)18-13-12-14-19(16-18)21(24)26-17(2)22(3,4)5/h12-14,16-17H,6-11,15H2,1-5H3. The molecular weight excluding hydrogens is 328 g/mol. The Kier molecular flexibility index (Phi) is 9.39. The van der Waals surface area contributed by atoms with Gasteiger partial charge in [-0.25, -0.2) is 9.59 Å². The Morgan fingerprint density at radius 3 is 2.15 bits per heavy atom. The van der Waals surface area contributed by atoms with Crippen LogP contribution in [0.3, 0.4) is 0 Å².